The monoisotopic (exact) mass is 313 g/mol. The first-order chi connectivity index (χ1) is 9.29. The number of aryl methyl sites for hydroxylation is 1. The van der Waals surface area contributed by atoms with E-state index in [9.17, 15) is 0 Å². The van der Waals surface area contributed by atoms with Crippen molar-refractivity contribution in [3.8, 4) is 0 Å². The van der Waals surface area contributed by atoms with E-state index in [0.29, 0.717) is 17.4 Å². The maximum atomic E-state index is 6.36. The summed E-state index contributed by atoms with van der Waals surface area (Å²) in [6.07, 6.45) is 5.13. The first-order valence-corrected chi connectivity index (χ1v) is 8.27. The number of halogens is 2. The highest BCUT2D eigenvalue weighted by Crippen LogP contribution is 2.40. The number of nitrogens with one attached hydrogen (secondary N) is 1. The Bertz CT molecular complexity index is 477. The quantitative estimate of drug-likeness (QED) is 0.673. The highest BCUT2D eigenvalue weighted by molar-refractivity contribution is 6.35. The molecule has 0 spiro atoms. The van der Waals surface area contributed by atoms with Gasteiger partial charge in [0.2, 0.25) is 0 Å². The van der Waals surface area contributed by atoms with Gasteiger partial charge >= 0.3 is 0 Å². The van der Waals surface area contributed by atoms with Crippen molar-refractivity contribution in [2.75, 3.05) is 5.32 Å². The highest BCUT2D eigenvalue weighted by atomic mass is 35.5. The number of anilines is 1. The van der Waals surface area contributed by atoms with Crippen LogP contribution < -0.4 is 5.32 Å². The molecule has 3 heteroatoms. The maximum Gasteiger partial charge on any atom is 0.0641 e. The number of rotatable bonds is 2. The zero-order valence-electron chi connectivity index (χ0n) is 12.9. The predicted molar refractivity (Wildman–Crippen MR) is 90.0 cm³/mol. The first kappa shape index (κ1) is 16.0. The highest BCUT2D eigenvalue weighted by Gasteiger charge is 2.34. The molecule has 0 saturated heterocycles. The van der Waals surface area contributed by atoms with Crippen LogP contribution in [0.5, 0.6) is 0 Å². The van der Waals surface area contributed by atoms with Crippen LogP contribution in [0, 0.1) is 18.3 Å². The Labute approximate surface area is 133 Å². The van der Waals surface area contributed by atoms with E-state index in [0.717, 1.165) is 21.3 Å². The molecule has 1 nitrogen and oxygen atoms in total. The van der Waals surface area contributed by atoms with E-state index in [1.165, 1.54) is 25.7 Å². The van der Waals surface area contributed by atoms with Crippen LogP contribution in [0.3, 0.4) is 0 Å². The maximum absolute atomic E-state index is 6.36. The van der Waals surface area contributed by atoms with E-state index in [2.05, 4.69) is 26.1 Å². The largest absolute Gasteiger partial charge is 0.381 e. The van der Waals surface area contributed by atoms with Gasteiger partial charge in [0.15, 0.2) is 0 Å². The normalized spacial score (nSPS) is 23.7. The van der Waals surface area contributed by atoms with Crippen LogP contribution in [0.1, 0.15) is 52.0 Å². The SMILES string of the molecule is Cc1cc(Cl)c(NC2CCCCC2C(C)(C)C)cc1Cl. The van der Waals surface area contributed by atoms with Crippen LogP contribution in [0.25, 0.3) is 0 Å². The fourth-order valence-electron chi connectivity index (χ4n) is 3.30. The molecule has 0 bridgehead atoms. The first-order valence-electron chi connectivity index (χ1n) is 7.51. The summed E-state index contributed by atoms with van der Waals surface area (Å²) in [7, 11) is 0. The Hall–Kier alpha value is -0.400. The molecule has 0 aliphatic heterocycles. The van der Waals surface area contributed by atoms with Crippen molar-refractivity contribution in [3.05, 3.63) is 27.7 Å². The van der Waals surface area contributed by atoms with Crippen molar-refractivity contribution in [1.82, 2.24) is 0 Å². The van der Waals surface area contributed by atoms with Crippen molar-refractivity contribution in [3.63, 3.8) is 0 Å². The van der Waals surface area contributed by atoms with E-state index in [1.807, 2.05) is 19.1 Å². The van der Waals surface area contributed by atoms with Crippen molar-refractivity contribution in [2.24, 2.45) is 11.3 Å². The van der Waals surface area contributed by atoms with Crippen LogP contribution in [-0.4, -0.2) is 6.04 Å². The molecule has 0 radical (unpaired) electrons. The summed E-state index contributed by atoms with van der Waals surface area (Å²) in [5, 5.41) is 5.20. The van der Waals surface area contributed by atoms with Gasteiger partial charge < -0.3 is 5.32 Å². The summed E-state index contributed by atoms with van der Waals surface area (Å²) in [6.45, 7) is 8.99. The lowest BCUT2D eigenvalue weighted by molar-refractivity contribution is 0.163. The van der Waals surface area contributed by atoms with Gasteiger partial charge in [-0.2, -0.15) is 0 Å². The van der Waals surface area contributed by atoms with Gasteiger partial charge in [0.25, 0.3) is 0 Å². The van der Waals surface area contributed by atoms with Crippen LogP contribution in [0.4, 0.5) is 5.69 Å². The predicted octanol–water partition coefficient (Wildman–Crippen LogP) is 6.32. The van der Waals surface area contributed by atoms with E-state index in [4.69, 9.17) is 23.2 Å². The average molecular weight is 314 g/mol. The summed E-state index contributed by atoms with van der Waals surface area (Å²) >= 11 is 12.6. The van der Waals surface area contributed by atoms with Gasteiger partial charge in [0.1, 0.15) is 0 Å². The molecule has 1 aromatic carbocycles. The molecule has 1 fully saturated rings. The van der Waals surface area contributed by atoms with Gasteiger partial charge in [-0.25, -0.2) is 0 Å². The molecular formula is C17H25Cl2N. The van der Waals surface area contributed by atoms with E-state index >= 15 is 0 Å². The Morgan fingerprint density at radius 3 is 2.35 bits per heavy atom. The van der Waals surface area contributed by atoms with Gasteiger partial charge in [-0.1, -0.05) is 56.8 Å². The van der Waals surface area contributed by atoms with Crippen LogP contribution >= 0.6 is 23.2 Å². The summed E-state index contributed by atoms with van der Waals surface area (Å²) in [5.74, 6) is 0.674. The lowest BCUT2D eigenvalue weighted by Gasteiger charge is -2.41. The van der Waals surface area contributed by atoms with Crippen molar-refractivity contribution in [2.45, 2.75) is 59.4 Å². The molecule has 1 saturated carbocycles. The molecule has 2 atom stereocenters. The zero-order chi connectivity index (χ0) is 14.9. The molecule has 2 rings (SSSR count). The molecule has 20 heavy (non-hydrogen) atoms. The molecule has 0 heterocycles. The second kappa shape index (κ2) is 6.15. The molecule has 1 N–H and O–H groups in total. The Balaban J connectivity index is 2.21. The van der Waals surface area contributed by atoms with Crippen molar-refractivity contribution in [1.29, 1.82) is 0 Å². The fourth-order valence-corrected chi connectivity index (χ4v) is 3.73. The molecular weight excluding hydrogens is 289 g/mol. The zero-order valence-corrected chi connectivity index (χ0v) is 14.4. The number of hydrogen-bond donors (Lipinski definition) is 1. The molecule has 2 unspecified atom stereocenters. The molecule has 1 aromatic rings. The number of hydrogen-bond acceptors (Lipinski definition) is 1. The molecule has 1 aliphatic rings. The lowest BCUT2D eigenvalue weighted by atomic mass is 9.69. The molecule has 0 aromatic heterocycles. The third-order valence-electron chi connectivity index (χ3n) is 4.47. The van der Waals surface area contributed by atoms with Crippen LogP contribution in [0.15, 0.2) is 12.1 Å². The Morgan fingerprint density at radius 2 is 1.70 bits per heavy atom. The standard InChI is InChI=1S/C17H25Cl2N/c1-11-9-14(19)16(10-13(11)18)20-15-8-6-5-7-12(15)17(2,3)4/h9-10,12,15,20H,5-8H2,1-4H3. The minimum atomic E-state index is 0.319. The summed E-state index contributed by atoms with van der Waals surface area (Å²) in [4.78, 5) is 0. The topological polar surface area (TPSA) is 12.0 Å². The minimum absolute atomic E-state index is 0.319. The number of benzene rings is 1. The summed E-state index contributed by atoms with van der Waals surface area (Å²) in [6, 6.07) is 4.40. The minimum Gasteiger partial charge on any atom is -0.381 e. The van der Waals surface area contributed by atoms with E-state index in [1.54, 1.807) is 0 Å². The Kier molecular flexibility index (Phi) is 4.92. The molecule has 0 amide bonds. The average Bonchev–Trinajstić information content (AvgIpc) is 2.35. The lowest BCUT2D eigenvalue weighted by Crippen LogP contribution is -2.39. The summed E-state index contributed by atoms with van der Waals surface area (Å²) in [5.41, 5.74) is 2.32. The summed E-state index contributed by atoms with van der Waals surface area (Å²) < 4.78 is 0. The third-order valence-corrected chi connectivity index (χ3v) is 5.19. The van der Waals surface area contributed by atoms with Crippen molar-refractivity contribution < 1.29 is 0 Å². The Morgan fingerprint density at radius 1 is 1.05 bits per heavy atom. The van der Waals surface area contributed by atoms with Gasteiger partial charge in [-0.05, 0) is 48.8 Å². The smallest absolute Gasteiger partial charge is 0.0641 e. The molecule has 1 aliphatic carbocycles. The third kappa shape index (κ3) is 3.62. The fraction of sp³-hybridized carbons (Fsp3) is 0.647. The van der Waals surface area contributed by atoms with Crippen molar-refractivity contribution >= 4 is 28.9 Å². The van der Waals surface area contributed by atoms with Crippen LogP contribution in [0.2, 0.25) is 10.0 Å². The van der Waals surface area contributed by atoms with Gasteiger partial charge in [-0.3, -0.25) is 0 Å². The second-order valence-electron chi connectivity index (χ2n) is 7.09. The van der Waals surface area contributed by atoms with Crippen LogP contribution in [-0.2, 0) is 0 Å². The van der Waals surface area contributed by atoms with Gasteiger partial charge in [0.05, 0.1) is 10.7 Å². The van der Waals surface area contributed by atoms with E-state index in [-0.39, 0.29) is 0 Å². The van der Waals surface area contributed by atoms with E-state index < -0.39 is 0 Å². The van der Waals surface area contributed by atoms with Gasteiger partial charge in [-0.15, -0.1) is 0 Å². The van der Waals surface area contributed by atoms with Gasteiger partial charge in [0, 0.05) is 11.1 Å². The second-order valence-corrected chi connectivity index (χ2v) is 7.90. The molecule has 112 valence electrons.